The van der Waals surface area contributed by atoms with Gasteiger partial charge in [0.05, 0.1) is 28.9 Å². The molecule has 1 aromatic heterocycles. The van der Waals surface area contributed by atoms with Gasteiger partial charge in [-0.15, -0.1) is 0 Å². The zero-order valence-electron chi connectivity index (χ0n) is 10.4. The lowest BCUT2D eigenvalue weighted by Crippen LogP contribution is -1.98. The third-order valence-corrected chi connectivity index (χ3v) is 2.92. The van der Waals surface area contributed by atoms with Crippen molar-refractivity contribution in [2.45, 2.75) is 6.61 Å². The zero-order valence-corrected chi connectivity index (χ0v) is 11.2. The van der Waals surface area contributed by atoms with E-state index < -0.39 is 4.92 Å². The molecule has 0 bridgehead atoms. The van der Waals surface area contributed by atoms with Crippen LogP contribution in [0.25, 0.3) is 5.69 Å². The zero-order chi connectivity index (χ0) is 14.7. The summed E-state index contributed by atoms with van der Waals surface area (Å²) in [6.45, 7) is -0.0146. The maximum absolute atomic E-state index is 11.0. The normalized spacial score (nSPS) is 10.2. The molecule has 1 heterocycles. The fraction of sp³-hybridized carbons (Fsp3) is 0.167. The molecule has 0 atom stereocenters. The summed E-state index contributed by atoms with van der Waals surface area (Å²) in [5.41, 5.74) is 0.868. The Morgan fingerprint density at radius 2 is 2.15 bits per heavy atom. The van der Waals surface area contributed by atoms with E-state index >= 15 is 0 Å². The first-order valence-corrected chi connectivity index (χ1v) is 5.87. The topological polar surface area (TPSA) is 94.0 Å². The predicted molar refractivity (Wildman–Crippen MR) is 70.7 cm³/mol. The molecule has 2 aromatic rings. The molecule has 2 rings (SSSR count). The van der Waals surface area contributed by atoms with Gasteiger partial charge < -0.3 is 4.74 Å². The van der Waals surface area contributed by atoms with E-state index in [0.717, 1.165) is 0 Å². The number of ether oxygens (including phenoxy) is 1. The molecule has 1 aromatic carbocycles. The Bertz CT molecular complexity index is 688. The maximum atomic E-state index is 11.0. The van der Waals surface area contributed by atoms with E-state index in [1.165, 1.54) is 11.8 Å². The maximum Gasteiger partial charge on any atom is 0.331 e. The SMILES string of the molecule is COCc1nn(-c2ccc(C#N)cc2)c(Cl)c1[N+](=O)[O-]. The molecule has 0 aliphatic rings. The molecule has 0 spiro atoms. The van der Waals surface area contributed by atoms with Crippen molar-refractivity contribution < 1.29 is 9.66 Å². The first kappa shape index (κ1) is 14.0. The highest BCUT2D eigenvalue weighted by Crippen LogP contribution is 2.31. The van der Waals surface area contributed by atoms with E-state index in [1.54, 1.807) is 24.3 Å². The summed E-state index contributed by atoms with van der Waals surface area (Å²) in [5.74, 6) is 0. The highest BCUT2D eigenvalue weighted by atomic mass is 35.5. The van der Waals surface area contributed by atoms with Gasteiger partial charge in [0.15, 0.2) is 5.69 Å². The summed E-state index contributed by atoms with van der Waals surface area (Å²) in [4.78, 5) is 10.4. The van der Waals surface area contributed by atoms with Crippen LogP contribution in [0.15, 0.2) is 24.3 Å². The number of hydrogen-bond acceptors (Lipinski definition) is 5. The highest BCUT2D eigenvalue weighted by Gasteiger charge is 2.27. The van der Waals surface area contributed by atoms with Crippen molar-refractivity contribution in [3.8, 4) is 11.8 Å². The molecular formula is C12H9ClN4O3. The number of benzene rings is 1. The largest absolute Gasteiger partial charge is 0.378 e. The van der Waals surface area contributed by atoms with Gasteiger partial charge in [0.25, 0.3) is 0 Å². The molecular weight excluding hydrogens is 284 g/mol. The molecule has 20 heavy (non-hydrogen) atoms. The first-order chi connectivity index (χ1) is 9.58. The Labute approximate surface area is 119 Å². The Morgan fingerprint density at radius 1 is 1.50 bits per heavy atom. The van der Waals surface area contributed by atoms with Crippen molar-refractivity contribution in [3.05, 3.63) is 50.8 Å². The fourth-order valence-corrected chi connectivity index (χ4v) is 2.01. The van der Waals surface area contributed by atoms with Crippen molar-refractivity contribution in [1.29, 1.82) is 5.26 Å². The minimum atomic E-state index is -0.593. The fourth-order valence-electron chi connectivity index (χ4n) is 1.69. The Kier molecular flexibility index (Phi) is 3.98. The van der Waals surface area contributed by atoms with Crippen molar-refractivity contribution >= 4 is 17.3 Å². The van der Waals surface area contributed by atoms with E-state index in [2.05, 4.69) is 5.10 Å². The summed E-state index contributed by atoms with van der Waals surface area (Å²) >= 11 is 6.01. The summed E-state index contributed by atoms with van der Waals surface area (Å²) in [5, 5.41) is 23.7. The van der Waals surface area contributed by atoms with E-state index in [0.29, 0.717) is 11.3 Å². The Hall–Kier alpha value is -2.43. The summed E-state index contributed by atoms with van der Waals surface area (Å²) in [6, 6.07) is 8.36. The van der Waals surface area contributed by atoms with Crippen LogP contribution in [-0.4, -0.2) is 21.8 Å². The molecule has 102 valence electrons. The number of nitriles is 1. The number of nitrogens with zero attached hydrogens (tertiary/aromatic N) is 4. The molecule has 0 fully saturated rings. The molecule has 0 saturated heterocycles. The van der Waals surface area contributed by atoms with Crippen LogP contribution in [0.4, 0.5) is 5.69 Å². The molecule has 0 saturated carbocycles. The van der Waals surface area contributed by atoms with Gasteiger partial charge in [-0.25, -0.2) is 4.68 Å². The average Bonchev–Trinajstić information content (AvgIpc) is 2.76. The number of methoxy groups -OCH3 is 1. The van der Waals surface area contributed by atoms with E-state index in [1.807, 2.05) is 6.07 Å². The number of halogens is 1. The van der Waals surface area contributed by atoms with Crippen LogP contribution in [0.1, 0.15) is 11.3 Å². The van der Waals surface area contributed by atoms with E-state index in [9.17, 15) is 10.1 Å². The van der Waals surface area contributed by atoms with Crippen LogP contribution in [0.5, 0.6) is 0 Å². The van der Waals surface area contributed by atoms with Crippen molar-refractivity contribution in [2.75, 3.05) is 7.11 Å². The number of aromatic nitrogens is 2. The van der Waals surface area contributed by atoms with Crippen molar-refractivity contribution in [1.82, 2.24) is 9.78 Å². The molecule has 0 amide bonds. The summed E-state index contributed by atoms with van der Waals surface area (Å²) < 4.78 is 6.12. The Morgan fingerprint density at radius 3 is 2.65 bits per heavy atom. The second kappa shape index (κ2) is 5.69. The smallest absolute Gasteiger partial charge is 0.331 e. The minimum Gasteiger partial charge on any atom is -0.378 e. The van der Waals surface area contributed by atoms with Gasteiger partial charge >= 0.3 is 5.69 Å². The summed E-state index contributed by atoms with van der Waals surface area (Å²) in [7, 11) is 1.42. The van der Waals surface area contributed by atoms with Crippen molar-refractivity contribution in [2.24, 2.45) is 0 Å². The van der Waals surface area contributed by atoms with Crippen LogP contribution < -0.4 is 0 Å². The van der Waals surface area contributed by atoms with Crippen LogP contribution >= 0.6 is 11.6 Å². The van der Waals surface area contributed by atoms with Gasteiger partial charge in [-0.05, 0) is 24.3 Å². The lowest BCUT2D eigenvalue weighted by atomic mass is 10.2. The predicted octanol–water partition coefficient (Wildman–Crippen LogP) is 2.45. The van der Waals surface area contributed by atoms with Gasteiger partial charge in [-0.1, -0.05) is 11.6 Å². The quantitative estimate of drug-likeness (QED) is 0.637. The Balaban J connectivity index is 2.54. The third kappa shape index (κ3) is 2.47. The van der Waals surface area contributed by atoms with Crippen LogP contribution in [-0.2, 0) is 11.3 Å². The van der Waals surface area contributed by atoms with Crippen LogP contribution in [0, 0.1) is 21.4 Å². The van der Waals surface area contributed by atoms with Gasteiger partial charge in [-0.3, -0.25) is 10.1 Å². The summed E-state index contributed by atoms with van der Waals surface area (Å²) in [6.07, 6.45) is 0. The molecule has 0 N–H and O–H groups in total. The standard InChI is InChI=1S/C12H9ClN4O3/c1-20-7-10-11(17(18)19)12(13)16(15-10)9-4-2-8(6-14)3-5-9/h2-5H,7H2,1H3. The monoisotopic (exact) mass is 292 g/mol. The second-order valence-corrected chi connectivity index (χ2v) is 4.20. The molecule has 0 radical (unpaired) electrons. The molecule has 0 unspecified atom stereocenters. The van der Waals surface area contributed by atoms with Crippen LogP contribution in [0.2, 0.25) is 5.15 Å². The highest BCUT2D eigenvalue weighted by molar-refractivity contribution is 6.32. The van der Waals surface area contributed by atoms with E-state index in [-0.39, 0.29) is 23.1 Å². The van der Waals surface area contributed by atoms with Crippen LogP contribution in [0.3, 0.4) is 0 Å². The molecule has 8 heteroatoms. The lowest BCUT2D eigenvalue weighted by Gasteiger charge is -2.01. The second-order valence-electron chi connectivity index (χ2n) is 3.85. The number of hydrogen-bond donors (Lipinski definition) is 0. The number of nitro groups is 1. The van der Waals surface area contributed by atoms with E-state index in [4.69, 9.17) is 21.6 Å². The molecule has 0 aliphatic carbocycles. The molecule has 0 aliphatic heterocycles. The van der Waals surface area contributed by atoms with Gasteiger partial charge in [0, 0.05) is 7.11 Å². The number of rotatable bonds is 4. The third-order valence-electron chi connectivity index (χ3n) is 2.58. The molecule has 7 nitrogen and oxygen atoms in total. The minimum absolute atomic E-state index is 0.0146. The lowest BCUT2D eigenvalue weighted by molar-refractivity contribution is -0.385. The average molecular weight is 293 g/mol. The van der Waals surface area contributed by atoms with Gasteiger partial charge in [-0.2, -0.15) is 10.4 Å². The van der Waals surface area contributed by atoms with Gasteiger partial charge in [0.1, 0.15) is 0 Å². The first-order valence-electron chi connectivity index (χ1n) is 5.49. The van der Waals surface area contributed by atoms with Gasteiger partial charge in [0.2, 0.25) is 5.15 Å². The van der Waals surface area contributed by atoms with Crippen molar-refractivity contribution in [3.63, 3.8) is 0 Å².